The van der Waals surface area contributed by atoms with E-state index >= 15 is 0 Å². The molecule has 4 nitrogen and oxygen atoms in total. The molecule has 0 radical (unpaired) electrons. The normalized spacial score (nSPS) is 34.9. The van der Waals surface area contributed by atoms with Crippen LogP contribution in [0.5, 0.6) is 0 Å². The third-order valence-corrected chi connectivity index (χ3v) is 7.05. The van der Waals surface area contributed by atoms with Gasteiger partial charge >= 0.3 is 11.9 Å². The Morgan fingerprint density at radius 2 is 2.00 bits per heavy atom. The average Bonchev–Trinajstić information content (AvgIpc) is 2.53. The first-order chi connectivity index (χ1) is 12.1. The van der Waals surface area contributed by atoms with Crippen molar-refractivity contribution in [3.05, 3.63) is 23.8 Å². The quantitative estimate of drug-likeness (QED) is 0.525. The van der Waals surface area contributed by atoms with Crippen LogP contribution in [0.2, 0.25) is 0 Å². The third-order valence-electron chi connectivity index (χ3n) is 7.05. The minimum absolute atomic E-state index is 0.0108. The van der Waals surface area contributed by atoms with E-state index in [1.807, 2.05) is 13.0 Å². The van der Waals surface area contributed by atoms with Gasteiger partial charge in [-0.25, -0.2) is 0 Å². The number of hydrogen-bond donors (Lipinski definition) is 1. The standard InChI is InChI=1S/C22H34O4/c1-15(11-14-26-17(3)23)7-9-18-16(2)8-10-19-21(18,4)12-6-13-22(19,5)20(24)25/h11,18-19H,2,6-10,12-14H2,1,3-5H3,(H,24,25)/b15-11+/t18-,19+,21+,22-/m0/s1. The van der Waals surface area contributed by atoms with E-state index in [0.717, 1.165) is 44.9 Å². The fourth-order valence-electron chi connectivity index (χ4n) is 5.51. The predicted octanol–water partition coefficient (Wildman–Crippen LogP) is 5.14. The molecule has 4 heteroatoms. The molecule has 1 N–H and O–H groups in total. The second kappa shape index (κ2) is 7.98. The van der Waals surface area contributed by atoms with Gasteiger partial charge in [-0.15, -0.1) is 0 Å². The van der Waals surface area contributed by atoms with Crippen molar-refractivity contribution in [3.8, 4) is 0 Å². The summed E-state index contributed by atoms with van der Waals surface area (Å²) in [6.07, 6.45) is 8.60. The number of rotatable bonds is 6. The van der Waals surface area contributed by atoms with Crippen LogP contribution in [0, 0.1) is 22.7 Å². The number of fused-ring (bicyclic) bond motifs is 1. The Labute approximate surface area is 157 Å². The minimum Gasteiger partial charge on any atom is -0.481 e. The number of allylic oxidation sites excluding steroid dienone is 2. The van der Waals surface area contributed by atoms with Crippen molar-refractivity contribution in [2.75, 3.05) is 6.61 Å². The van der Waals surface area contributed by atoms with Crippen molar-refractivity contribution in [1.82, 2.24) is 0 Å². The van der Waals surface area contributed by atoms with Crippen molar-refractivity contribution in [2.24, 2.45) is 22.7 Å². The maximum absolute atomic E-state index is 12.0. The van der Waals surface area contributed by atoms with Gasteiger partial charge < -0.3 is 9.84 Å². The Balaban J connectivity index is 2.13. The molecule has 0 aromatic heterocycles. The zero-order valence-electron chi connectivity index (χ0n) is 16.8. The molecule has 0 aromatic rings. The lowest BCUT2D eigenvalue weighted by Crippen LogP contribution is -2.53. The zero-order chi connectivity index (χ0) is 19.5. The van der Waals surface area contributed by atoms with E-state index in [9.17, 15) is 14.7 Å². The van der Waals surface area contributed by atoms with Gasteiger partial charge in [-0.3, -0.25) is 9.59 Å². The van der Waals surface area contributed by atoms with Crippen molar-refractivity contribution in [1.29, 1.82) is 0 Å². The molecule has 0 bridgehead atoms. The summed E-state index contributed by atoms with van der Waals surface area (Å²) in [6.45, 7) is 12.4. The zero-order valence-corrected chi connectivity index (χ0v) is 16.8. The topological polar surface area (TPSA) is 63.6 Å². The molecular weight excluding hydrogens is 328 g/mol. The Bertz CT molecular complexity index is 605. The lowest BCUT2D eigenvalue weighted by atomic mass is 9.46. The molecule has 2 aliphatic carbocycles. The highest BCUT2D eigenvalue weighted by Gasteiger charge is 2.57. The maximum Gasteiger partial charge on any atom is 0.309 e. The molecule has 0 aliphatic heterocycles. The highest BCUT2D eigenvalue weighted by molar-refractivity contribution is 5.75. The van der Waals surface area contributed by atoms with Crippen LogP contribution in [0.25, 0.3) is 0 Å². The largest absolute Gasteiger partial charge is 0.481 e. The van der Waals surface area contributed by atoms with Gasteiger partial charge in [-0.1, -0.05) is 31.1 Å². The highest BCUT2D eigenvalue weighted by atomic mass is 16.5. The van der Waals surface area contributed by atoms with E-state index in [-0.39, 0.29) is 17.3 Å². The van der Waals surface area contributed by atoms with Crippen LogP contribution in [-0.2, 0) is 14.3 Å². The van der Waals surface area contributed by atoms with Crippen LogP contribution in [0.15, 0.2) is 23.8 Å². The fraction of sp³-hybridized carbons (Fsp3) is 0.727. The Kier molecular flexibility index (Phi) is 6.36. The van der Waals surface area contributed by atoms with Crippen LogP contribution >= 0.6 is 0 Å². The molecule has 0 unspecified atom stereocenters. The Morgan fingerprint density at radius 3 is 2.62 bits per heavy atom. The van der Waals surface area contributed by atoms with Crippen LogP contribution in [0.4, 0.5) is 0 Å². The van der Waals surface area contributed by atoms with E-state index in [1.54, 1.807) is 0 Å². The first-order valence-corrected chi connectivity index (χ1v) is 9.81. The Hall–Kier alpha value is -1.58. The molecule has 4 atom stereocenters. The minimum atomic E-state index is -0.642. The summed E-state index contributed by atoms with van der Waals surface area (Å²) in [6, 6.07) is 0. The molecule has 2 aliphatic rings. The van der Waals surface area contributed by atoms with Gasteiger partial charge in [0.25, 0.3) is 0 Å². The molecule has 146 valence electrons. The fourth-order valence-corrected chi connectivity index (χ4v) is 5.51. The first kappa shape index (κ1) is 20.7. The van der Waals surface area contributed by atoms with Crippen LogP contribution in [-0.4, -0.2) is 23.7 Å². The smallest absolute Gasteiger partial charge is 0.309 e. The molecule has 2 fully saturated rings. The van der Waals surface area contributed by atoms with Gasteiger partial charge in [-0.2, -0.15) is 0 Å². The van der Waals surface area contributed by atoms with Crippen molar-refractivity contribution in [2.45, 2.75) is 72.6 Å². The molecular formula is C22H34O4. The number of carboxylic acid groups (broad SMARTS) is 1. The number of carbonyl (C=O) groups is 2. The third kappa shape index (κ3) is 4.05. The molecule has 0 aromatic carbocycles. The van der Waals surface area contributed by atoms with Crippen LogP contribution in [0.1, 0.15) is 72.6 Å². The summed E-state index contributed by atoms with van der Waals surface area (Å²) < 4.78 is 4.99. The molecule has 2 saturated carbocycles. The predicted molar refractivity (Wildman–Crippen MR) is 103 cm³/mol. The summed E-state index contributed by atoms with van der Waals surface area (Å²) in [5.41, 5.74) is 1.89. The van der Waals surface area contributed by atoms with E-state index < -0.39 is 11.4 Å². The number of esters is 1. The van der Waals surface area contributed by atoms with Gasteiger partial charge in [0, 0.05) is 6.92 Å². The molecule has 0 heterocycles. The second-order valence-electron chi connectivity index (χ2n) is 8.78. The number of aliphatic carboxylic acids is 1. The molecule has 0 spiro atoms. The van der Waals surface area contributed by atoms with Gasteiger partial charge in [-0.05, 0) is 75.7 Å². The number of carbonyl (C=O) groups excluding carboxylic acids is 1. The van der Waals surface area contributed by atoms with Crippen LogP contribution < -0.4 is 0 Å². The SMILES string of the molecule is C=C1CC[C@@H]2[C@](C)(CCC[C@]2(C)C(=O)O)[C@H]1CC/C(C)=C/COC(C)=O. The lowest BCUT2D eigenvalue weighted by molar-refractivity contribution is -0.164. The summed E-state index contributed by atoms with van der Waals surface area (Å²) >= 11 is 0. The van der Waals surface area contributed by atoms with E-state index in [2.05, 4.69) is 20.4 Å². The lowest BCUT2D eigenvalue weighted by Gasteiger charge is -2.57. The van der Waals surface area contributed by atoms with Gasteiger partial charge in [0.2, 0.25) is 0 Å². The van der Waals surface area contributed by atoms with Crippen molar-refractivity contribution >= 4 is 11.9 Å². The van der Waals surface area contributed by atoms with Crippen molar-refractivity contribution < 1.29 is 19.4 Å². The van der Waals surface area contributed by atoms with Crippen LogP contribution in [0.3, 0.4) is 0 Å². The monoisotopic (exact) mass is 362 g/mol. The van der Waals surface area contributed by atoms with E-state index in [0.29, 0.717) is 12.5 Å². The van der Waals surface area contributed by atoms with Crippen molar-refractivity contribution in [3.63, 3.8) is 0 Å². The second-order valence-corrected chi connectivity index (χ2v) is 8.78. The van der Waals surface area contributed by atoms with Gasteiger partial charge in [0.1, 0.15) is 6.61 Å². The van der Waals surface area contributed by atoms with Gasteiger partial charge in [0.05, 0.1) is 5.41 Å². The molecule has 2 rings (SSSR count). The molecule has 0 saturated heterocycles. The number of hydrogen-bond acceptors (Lipinski definition) is 3. The first-order valence-electron chi connectivity index (χ1n) is 9.81. The number of carboxylic acids is 1. The van der Waals surface area contributed by atoms with E-state index in [4.69, 9.17) is 4.74 Å². The summed E-state index contributed by atoms with van der Waals surface area (Å²) in [5, 5.41) is 9.89. The number of ether oxygens (including phenoxy) is 1. The Morgan fingerprint density at radius 1 is 1.31 bits per heavy atom. The summed E-state index contributed by atoms with van der Waals surface area (Å²) in [5.74, 6) is -0.336. The van der Waals surface area contributed by atoms with Gasteiger partial charge in [0.15, 0.2) is 0 Å². The summed E-state index contributed by atoms with van der Waals surface area (Å²) in [4.78, 5) is 22.9. The maximum atomic E-state index is 12.0. The average molecular weight is 363 g/mol. The molecule has 26 heavy (non-hydrogen) atoms. The highest BCUT2D eigenvalue weighted by Crippen LogP contribution is 2.62. The summed E-state index contributed by atoms with van der Waals surface area (Å²) in [7, 11) is 0. The van der Waals surface area contributed by atoms with E-state index in [1.165, 1.54) is 18.1 Å². The molecule has 0 amide bonds.